The molecule has 1 unspecified atom stereocenters. The normalized spacial score (nSPS) is 13.2. The predicted molar refractivity (Wildman–Crippen MR) is 348 cm³/mol. The van der Waals surface area contributed by atoms with Crippen molar-refractivity contribution in [3.05, 3.63) is 158 Å². The summed E-state index contributed by atoms with van der Waals surface area (Å²) in [6.07, 6.45) is 96.7. The number of hydrogen-bond acceptors (Lipinski definition) is 6. The molecule has 0 aromatic heterocycles. The summed E-state index contributed by atoms with van der Waals surface area (Å²) in [7, 11) is 0. The summed E-state index contributed by atoms with van der Waals surface area (Å²) in [5.74, 6) is -0.967. The van der Waals surface area contributed by atoms with Gasteiger partial charge in [0.05, 0.1) is 0 Å². The summed E-state index contributed by atoms with van der Waals surface area (Å²) >= 11 is 0. The van der Waals surface area contributed by atoms with Gasteiger partial charge in [-0.05, 0) is 148 Å². The highest BCUT2D eigenvalue weighted by molar-refractivity contribution is 5.71. The monoisotopic (exact) mass is 1100 g/mol. The standard InChI is InChI=1S/C74H118O6/c1-4-7-10-13-16-19-22-25-28-31-33-35-37-39-41-43-46-49-52-55-58-61-64-67-73(76)79-70-71(69-78-72(75)66-63-60-57-54-51-48-45-30-27-24-21-18-15-12-9-6-3)80-74(77)68-65-62-59-56-53-50-47-44-42-40-38-36-34-32-29-26-23-20-17-14-11-8-5-2/h7-8,10-11,16-17,19-20,25-26,28-30,33-36,39-42,45-47,49-50,71H,4-6,9,12-15,18,21-24,27,31-32,37-38,43-44,48,51-70H2,1-3H3/b10-7-,11-8-,19-16-,20-17-,28-25-,29-26-,35-33-,36-34-,41-39-,42-40-,45-30-,49-46-,50-47-. The summed E-state index contributed by atoms with van der Waals surface area (Å²) in [6, 6.07) is 0. The number of carbonyl (C=O) groups excluding carboxylic acids is 3. The minimum absolute atomic E-state index is 0.108. The fourth-order valence-corrected chi connectivity index (χ4v) is 8.44. The zero-order chi connectivity index (χ0) is 57.8. The molecule has 0 fully saturated rings. The van der Waals surface area contributed by atoms with E-state index in [9.17, 15) is 14.4 Å². The number of carbonyl (C=O) groups is 3. The van der Waals surface area contributed by atoms with Crippen molar-refractivity contribution in [1.82, 2.24) is 0 Å². The van der Waals surface area contributed by atoms with Gasteiger partial charge >= 0.3 is 17.9 Å². The van der Waals surface area contributed by atoms with Gasteiger partial charge in [0.15, 0.2) is 6.10 Å². The van der Waals surface area contributed by atoms with Crippen LogP contribution in [0.2, 0.25) is 0 Å². The molecule has 0 N–H and O–H groups in total. The maximum Gasteiger partial charge on any atom is 0.306 e. The first-order valence-electron chi connectivity index (χ1n) is 32.5. The zero-order valence-electron chi connectivity index (χ0n) is 51.5. The molecular formula is C74H118O6. The molecule has 450 valence electrons. The molecular weight excluding hydrogens is 985 g/mol. The first kappa shape index (κ1) is 75.0. The van der Waals surface area contributed by atoms with Gasteiger partial charge in [-0.1, -0.05) is 262 Å². The minimum Gasteiger partial charge on any atom is -0.462 e. The largest absolute Gasteiger partial charge is 0.462 e. The van der Waals surface area contributed by atoms with E-state index in [1.807, 2.05) is 0 Å². The third-order valence-corrected chi connectivity index (χ3v) is 13.2. The average molecular weight is 1100 g/mol. The van der Waals surface area contributed by atoms with Gasteiger partial charge in [0.1, 0.15) is 13.2 Å². The van der Waals surface area contributed by atoms with Crippen LogP contribution in [0.3, 0.4) is 0 Å². The lowest BCUT2D eigenvalue weighted by molar-refractivity contribution is -0.167. The summed E-state index contributed by atoms with van der Waals surface area (Å²) in [4.78, 5) is 38.4. The molecule has 6 heteroatoms. The Hall–Kier alpha value is -4.97. The Morgan fingerprint density at radius 3 is 0.775 bits per heavy atom. The van der Waals surface area contributed by atoms with Gasteiger partial charge in [0.25, 0.3) is 0 Å². The molecule has 0 saturated heterocycles. The highest BCUT2D eigenvalue weighted by Gasteiger charge is 2.19. The highest BCUT2D eigenvalue weighted by Crippen LogP contribution is 2.14. The van der Waals surface area contributed by atoms with E-state index in [1.54, 1.807) is 0 Å². The topological polar surface area (TPSA) is 78.9 Å². The molecule has 0 radical (unpaired) electrons. The van der Waals surface area contributed by atoms with Gasteiger partial charge in [-0.3, -0.25) is 14.4 Å². The quantitative estimate of drug-likeness (QED) is 0.0261. The molecule has 0 bridgehead atoms. The Kier molecular flexibility index (Phi) is 62.4. The number of ether oxygens (including phenoxy) is 3. The molecule has 0 aromatic rings. The van der Waals surface area contributed by atoms with Crippen molar-refractivity contribution in [2.24, 2.45) is 0 Å². The SMILES string of the molecule is CC/C=C\C/C=C\C/C=C\C/C=C\C/C=C\C/C=C\CCCCCCC(=O)OCC(COC(=O)CCCCCCC/C=C\CCCCCCCCC)OC(=O)CCCCCC/C=C\C/C=C\C/C=C\C/C=C\C/C=C\C/C=C\CC. The van der Waals surface area contributed by atoms with Crippen LogP contribution in [0, 0.1) is 0 Å². The van der Waals surface area contributed by atoms with Gasteiger partial charge in [-0.2, -0.15) is 0 Å². The van der Waals surface area contributed by atoms with E-state index < -0.39 is 6.10 Å². The Morgan fingerprint density at radius 2 is 0.487 bits per heavy atom. The Labute approximate surface area is 492 Å². The second-order valence-electron chi connectivity index (χ2n) is 20.9. The van der Waals surface area contributed by atoms with Crippen molar-refractivity contribution in [1.29, 1.82) is 0 Å². The lowest BCUT2D eigenvalue weighted by Crippen LogP contribution is -2.30. The van der Waals surface area contributed by atoms with E-state index in [4.69, 9.17) is 14.2 Å². The maximum atomic E-state index is 12.9. The van der Waals surface area contributed by atoms with Crippen LogP contribution >= 0.6 is 0 Å². The molecule has 0 aliphatic rings. The summed E-state index contributed by atoms with van der Waals surface area (Å²) in [6.45, 7) is 6.36. The van der Waals surface area contributed by atoms with Gasteiger partial charge in [0.2, 0.25) is 0 Å². The number of allylic oxidation sites excluding steroid dienone is 26. The van der Waals surface area contributed by atoms with Gasteiger partial charge in [0, 0.05) is 19.3 Å². The Bertz CT molecular complexity index is 1790. The van der Waals surface area contributed by atoms with Gasteiger partial charge in [-0.15, -0.1) is 0 Å². The van der Waals surface area contributed by atoms with Crippen LogP contribution in [0.1, 0.15) is 271 Å². The van der Waals surface area contributed by atoms with Crippen molar-refractivity contribution in [3.63, 3.8) is 0 Å². The van der Waals surface area contributed by atoms with Crippen LogP contribution in [0.25, 0.3) is 0 Å². The first-order chi connectivity index (χ1) is 39.5. The van der Waals surface area contributed by atoms with Crippen molar-refractivity contribution in [2.75, 3.05) is 13.2 Å². The van der Waals surface area contributed by atoms with Crippen molar-refractivity contribution >= 4 is 17.9 Å². The van der Waals surface area contributed by atoms with E-state index in [0.717, 1.165) is 173 Å². The molecule has 0 saturated carbocycles. The Balaban J connectivity index is 4.53. The maximum absolute atomic E-state index is 12.9. The van der Waals surface area contributed by atoms with Crippen LogP contribution in [-0.4, -0.2) is 37.2 Å². The van der Waals surface area contributed by atoms with Crippen LogP contribution < -0.4 is 0 Å². The van der Waals surface area contributed by atoms with Crippen molar-refractivity contribution < 1.29 is 28.6 Å². The summed E-state index contributed by atoms with van der Waals surface area (Å²) in [5.41, 5.74) is 0. The van der Waals surface area contributed by atoms with Crippen molar-refractivity contribution in [2.45, 2.75) is 277 Å². The van der Waals surface area contributed by atoms with E-state index >= 15 is 0 Å². The third-order valence-electron chi connectivity index (χ3n) is 13.2. The molecule has 0 aliphatic carbocycles. The van der Waals surface area contributed by atoms with Gasteiger partial charge in [-0.25, -0.2) is 0 Å². The number of hydrogen-bond donors (Lipinski definition) is 0. The first-order valence-corrected chi connectivity index (χ1v) is 32.5. The number of rotatable bonds is 57. The van der Waals surface area contributed by atoms with Gasteiger partial charge < -0.3 is 14.2 Å². The van der Waals surface area contributed by atoms with E-state index in [2.05, 4.69) is 179 Å². The second kappa shape index (κ2) is 66.5. The average Bonchev–Trinajstić information content (AvgIpc) is 3.46. The summed E-state index contributed by atoms with van der Waals surface area (Å²) < 4.78 is 16.9. The molecule has 0 aromatic carbocycles. The van der Waals surface area contributed by atoms with Crippen LogP contribution in [0.5, 0.6) is 0 Å². The smallest absolute Gasteiger partial charge is 0.306 e. The number of unbranched alkanes of at least 4 members (excludes halogenated alkanes) is 20. The minimum atomic E-state index is -0.816. The fourth-order valence-electron chi connectivity index (χ4n) is 8.44. The van der Waals surface area contributed by atoms with E-state index in [-0.39, 0.29) is 37.5 Å². The second-order valence-corrected chi connectivity index (χ2v) is 20.9. The third kappa shape index (κ3) is 63.9. The molecule has 0 aliphatic heterocycles. The molecule has 6 nitrogen and oxygen atoms in total. The molecule has 0 spiro atoms. The zero-order valence-corrected chi connectivity index (χ0v) is 51.5. The fraction of sp³-hybridized carbons (Fsp3) is 0.608. The van der Waals surface area contributed by atoms with Crippen LogP contribution in [0.4, 0.5) is 0 Å². The van der Waals surface area contributed by atoms with Crippen LogP contribution in [0.15, 0.2) is 158 Å². The molecule has 0 heterocycles. The van der Waals surface area contributed by atoms with Crippen molar-refractivity contribution in [3.8, 4) is 0 Å². The highest BCUT2D eigenvalue weighted by atomic mass is 16.6. The van der Waals surface area contributed by atoms with Crippen LogP contribution in [-0.2, 0) is 28.6 Å². The molecule has 1 atom stereocenters. The summed E-state index contributed by atoms with van der Waals surface area (Å²) in [5, 5.41) is 0. The van der Waals surface area contributed by atoms with E-state index in [0.29, 0.717) is 12.8 Å². The lowest BCUT2D eigenvalue weighted by atomic mass is 10.1. The molecule has 0 rings (SSSR count). The molecule has 80 heavy (non-hydrogen) atoms. The predicted octanol–water partition coefficient (Wildman–Crippen LogP) is 22.5. The van der Waals surface area contributed by atoms with E-state index in [1.165, 1.54) is 57.8 Å². The lowest BCUT2D eigenvalue weighted by Gasteiger charge is -2.18. The Morgan fingerprint density at radius 1 is 0.263 bits per heavy atom. The number of esters is 3. The molecule has 0 amide bonds.